The summed E-state index contributed by atoms with van der Waals surface area (Å²) < 4.78 is 5.79. The number of hydrogen-bond donors (Lipinski definition) is 2. The fraction of sp³-hybridized carbons (Fsp3) is 0.250. The molecule has 3 aromatic rings. The minimum absolute atomic E-state index is 0.0526. The lowest BCUT2D eigenvalue weighted by atomic mass is 10.1. The summed E-state index contributed by atoms with van der Waals surface area (Å²) in [6, 6.07) is 24.2. The van der Waals surface area contributed by atoms with Crippen molar-refractivity contribution >= 4 is 34.8 Å². The van der Waals surface area contributed by atoms with E-state index >= 15 is 0 Å². The van der Waals surface area contributed by atoms with Gasteiger partial charge < -0.3 is 19.9 Å². The summed E-state index contributed by atoms with van der Waals surface area (Å²) in [6.07, 6.45) is 0.807. The van der Waals surface area contributed by atoms with Gasteiger partial charge >= 0.3 is 0 Å². The lowest BCUT2D eigenvalue weighted by molar-refractivity contribution is 0.0665. The van der Waals surface area contributed by atoms with Gasteiger partial charge in [0.1, 0.15) is 5.75 Å². The molecule has 0 aromatic heterocycles. The van der Waals surface area contributed by atoms with Crippen molar-refractivity contribution in [2.75, 3.05) is 45.2 Å². The third-order valence-corrected chi connectivity index (χ3v) is 6.25. The second-order valence-corrected chi connectivity index (χ2v) is 9.07. The van der Waals surface area contributed by atoms with Gasteiger partial charge in [-0.15, -0.1) is 0 Å². The van der Waals surface area contributed by atoms with Gasteiger partial charge in [0.05, 0.1) is 17.9 Å². The number of likely N-dealkylation sites (N-methyl/N-ethyl adjacent to an activating group) is 1. The maximum Gasteiger partial charge on any atom is 0.257 e. The van der Waals surface area contributed by atoms with E-state index in [9.17, 15) is 9.59 Å². The first-order chi connectivity index (χ1) is 17.5. The van der Waals surface area contributed by atoms with E-state index in [1.165, 1.54) is 5.56 Å². The van der Waals surface area contributed by atoms with Crippen molar-refractivity contribution in [3.8, 4) is 5.75 Å². The molecule has 2 N–H and O–H groups in total. The Morgan fingerprint density at radius 1 is 0.889 bits per heavy atom. The van der Waals surface area contributed by atoms with Crippen molar-refractivity contribution in [3.05, 3.63) is 95.6 Å². The number of carbonyl (C=O) groups excluding carboxylic acids is 2. The number of thiocarbonyl (C=S) groups is 1. The van der Waals surface area contributed by atoms with Gasteiger partial charge in [0.15, 0.2) is 5.11 Å². The Morgan fingerprint density at radius 3 is 2.28 bits per heavy atom. The number of ether oxygens (including phenoxy) is 1. The van der Waals surface area contributed by atoms with E-state index in [1.807, 2.05) is 42.3 Å². The molecule has 1 aliphatic rings. The summed E-state index contributed by atoms with van der Waals surface area (Å²) in [6.45, 7) is 3.59. The molecule has 0 unspecified atom stereocenters. The molecule has 4 rings (SSSR count). The molecule has 7 nitrogen and oxygen atoms in total. The van der Waals surface area contributed by atoms with Crippen molar-refractivity contribution in [3.63, 3.8) is 0 Å². The summed E-state index contributed by atoms with van der Waals surface area (Å²) >= 11 is 5.36. The second-order valence-electron chi connectivity index (χ2n) is 8.66. The number of carbonyl (C=O) groups is 2. The summed E-state index contributed by atoms with van der Waals surface area (Å²) in [4.78, 5) is 29.8. The molecule has 1 aliphatic heterocycles. The number of benzene rings is 3. The molecule has 2 amide bonds. The molecule has 186 valence electrons. The van der Waals surface area contributed by atoms with Gasteiger partial charge in [-0.2, -0.15) is 0 Å². The van der Waals surface area contributed by atoms with E-state index < -0.39 is 0 Å². The fourth-order valence-corrected chi connectivity index (χ4v) is 4.12. The maximum atomic E-state index is 13.1. The lowest BCUT2D eigenvalue weighted by Gasteiger charge is -2.32. The Kier molecular flexibility index (Phi) is 8.65. The molecule has 3 aromatic carbocycles. The summed E-state index contributed by atoms with van der Waals surface area (Å²) in [7, 11) is 2.05. The van der Waals surface area contributed by atoms with E-state index in [0.29, 0.717) is 42.3 Å². The van der Waals surface area contributed by atoms with Crippen LogP contribution in [0.15, 0.2) is 78.9 Å². The van der Waals surface area contributed by atoms with Crippen LogP contribution in [0.1, 0.15) is 26.3 Å². The number of anilines is 1. The highest BCUT2D eigenvalue weighted by molar-refractivity contribution is 7.80. The molecule has 0 atom stereocenters. The van der Waals surface area contributed by atoms with Crippen LogP contribution in [0.25, 0.3) is 0 Å². The zero-order chi connectivity index (χ0) is 25.3. The van der Waals surface area contributed by atoms with E-state index in [1.54, 1.807) is 36.4 Å². The zero-order valence-corrected chi connectivity index (χ0v) is 21.1. The van der Waals surface area contributed by atoms with Crippen LogP contribution < -0.4 is 15.4 Å². The quantitative estimate of drug-likeness (QED) is 0.479. The molecule has 1 saturated heterocycles. The van der Waals surface area contributed by atoms with Gasteiger partial charge in [-0.3, -0.25) is 14.9 Å². The molecule has 0 radical (unpaired) electrons. The first-order valence-corrected chi connectivity index (χ1v) is 12.4. The average Bonchev–Trinajstić information content (AvgIpc) is 2.90. The monoisotopic (exact) mass is 502 g/mol. The molecular weight excluding hydrogens is 472 g/mol. The largest absolute Gasteiger partial charge is 0.493 e. The van der Waals surface area contributed by atoms with Crippen LogP contribution >= 0.6 is 12.2 Å². The van der Waals surface area contributed by atoms with Crippen LogP contribution in [0.3, 0.4) is 0 Å². The highest BCUT2D eigenvalue weighted by atomic mass is 32.1. The van der Waals surface area contributed by atoms with Gasteiger partial charge in [-0.1, -0.05) is 42.5 Å². The fourth-order valence-electron chi connectivity index (χ4n) is 3.92. The van der Waals surface area contributed by atoms with E-state index in [2.05, 4.69) is 27.7 Å². The van der Waals surface area contributed by atoms with Crippen LogP contribution in [-0.4, -0.2) is 66.6 Å². The zero-order valence-electron chi connectivity index (χ0n) is 20.3. The SMILES string of the molecule is CN1CCN(C(=O)c2ccccc2NC(=S)NC(=O)c2ccc(OCCc3ccccc3)cc2)CC1. The molecule has 1 heterocycles. The molecule has 0 aliphatic carbocycles. The number of rotatable bonds is 7. The van der Waals surface area contributed by atoms with E-state index in [-0.39, 0.29) is 16.9 Å². The standard InChI is InChI=1S/C28H30N4O3S/c1-31-16-18-32(19-17-31)27(34)24-9-5-6-10-25(24)29-28(36)30-26(33)22-11-13-23(14-12-22)35-20-15-21-7-3-2-4-8-21/h2-14H,15-20H2,1H3,(H2,29,30,33,36). The molecule has 1 fully saturated rings. The van der Waals surface area contributed by atoms with Gasteiger partial charge in [0.25, 0.3) is 11.8 Å². The van der Waals surface area contributed by atoms with Crippen molar-refractivity contribution < 1.29 is 14.3 Å². The van der Waals surface area contributed by atoms with Gasteiger partial charge in [0.2, 0.25) is 0 Å². The lowest BCUT2D eigenvalue weighted by Crippen LogP contribution is -2.47. The number of nitrogens with zero attached hydrogens (tertiary/aromatic N) is 2. The molecule has 36 heavy (non-hydrogen) atoms. The average molecular weight is 503 g/mol. The van der Waals surface area contributed by atoms with Crippen molar-refractivity contribution in [1.29, 1.82) is 0 Å². The van der Waals surface area contributed by atoms with Crippen LogP contribution in [0.5, 0.6) is 5.75 Å². The molecule has 0 saturated carbocycles. The number of nitrogens with one attached hydrogen (secondary N) is 2. The summed E-state index contributed by atoms with van der Waals surface area (Å²) in [5.74, 6) is 0.300. The first-order valence-electron chi connectivity index (χ1n) is 12.0. The predicted octanol–water partition coefficient (Wildman–Crippen LogP) is 3.82. The third-order valence-electron chi connectivity index (χ3n) is 6.04. The summed E-state index contributed by atoms with van der Waals surface area (Å²) in [5.41, 5.74) is 2.75. The number of piperazine rings is 1. The van der Waals surface area contributed by atoms with Crippen LogP contribution in [0.2, 0.25) is 0 Å². The Balaban J connectivity index is 1.30. The van der Waals surface area contributed by atoms with Crippen molar-refractivity contribution in [2.24, 2.45) is 0 Å². The number of hydrogen-bond acceptors (Lipinski definition) is 5. The third kappa shape index (κ3) is 6.90. The predicted molar refractivity (Wildman–Crippen MR) is 146 cm³/mol. The van der Waals surface area contributed by atoms with Gasteiger partial charge in [0, 0.05) is 38.2 Å². The Labute approximate surface area is 217 Å². The maximum absolute atomic E-state index is 13.1. The smallest absolute Gasteiger partial charge is 0.257 e. The minimum Gasteiger partial charge on any atom is -0.493 e. The second kappa shape index (κ2) is 12.3. The minimum atomic E-state index is -0.341. The number of amides is 2. The van der Waals surface area contributed by atoms with E-state index in [4.69, 9.17) is 17.0 Å². The first kappa shape index (κ1) is 25.3. The Bertz CT molecular complexity index is 1190. The molecule has 0 spiro atoms. The van der Waals surface area contributed by atoms with Crippen LogP contribution in [0, 0.1) is 0 Å². The van der Waals surface area contributed by atoms with Crippen molar-refractivity contribution in [1.82, 2.24) is 15.1 Å². The van der Waals surface area contributed by atoms with E-state index in [0.717, 1.165) is 19.5 Å². The van der Waals surface area contributed by atoms with Crippen LogP contribution in [0.4, 0.5) is 5.69 Å². The Morgan fingerprint density at radius 2 is 1.56 bits per heavy atom. The van der Waals surface area contributed by atoms with Crippen LogP contribution in [-0.2, 0) is 6.42 Å². The topological polar surface area (TPSA) is 73.9 Å². The van der Waals surface area contributed by atoms with Gasteiger partial charge in [-0.25, -0.2) is 0 Å². The summed E-state index contributed by atoms with van der Waals surface area (Å²) in [5, 5.41) is 5.83. The number of para-hydroxylation sites is 1. The Hall–Kier alpha value is -3.75. The van der Waals surface area contributed by atoms with Crippen molar-refractivity contribution in [2.45, 2.75) is 6.42 Å². The molecular formula is C28H30N4O3S. The normalized spacial score (nSPS) is 13.6. The molecule has 8 heteroatoms. The highest BCUT2D eigenvalue weighted by Crippen LogP contribution is 2.19. The van der Waals surface area contributed by atoms with Gasteiger partial charge in [-0.05, 0) is 61.2 Å². The molecule has 0 bridgehead atoms. The highest BCUT2D eigenvalue weighted by Gasteiger charge is 2.22.